The zero-order chi connectivity index (χ0) is 36.5. The molecule has 2 heteroatoms. The Morgan fingerprint density at radius 1 is 0.436 bits per heavy atom. The maximum atomic E-state index is 4.88. The molecule has 258 valence electrons. The Kier molecular flexibility index (Phi) is 6.08. The molecule has 0 radical (unpaired) electrons. The molecule has 0 fully saturated rings. The first-order chi connectivity index (χ1) is 27.0. The van der Waals surface area contributed by atoms with Crippen LogP contribution in [0.2, 0.25) is 0 Å². The number of benzene rings is 7. The zero-order valence-corrected chi connectivity index (χ0v) is 30.7. The molecule has 0 bridgehead atoms. The molecule has 0 aliphatic heterocycles. The van der Waals surface area contributed by atoms with Crippen molar-refractivity contribution in [3.05, 3.63) is 214 Å². The third-order valence-corrected chi connectivity index (χ3v) is 12.9. The molecule has 12 rings (SSSR count). The van der Waals surface area contributed by atoms with Gasteiger partial charge in [-0.2, -0.15) is 0 Å². The lowest BCUT2D eigenvalue weighted by Crippen LogP contribution is -2.30. The number of nitrogens with zero attached hydrogens (tertiary/aromatic N) is 2. The Morgan fingerprint density at radius 3 is 1.91 bits per heavy atom. The van der Waals surface area contributed by atoms with E-state index in [-0.39, 0.29) is 5.41 Å². The number of rotatable bonds is 2. The number of aromatic nitrogens is 2. The van der Waals surface area contributed by atoms with Crippen LogP contribution in [0.1, 0.15) is 58.4 Å². The molecule has 1 spiro atoms. The van der Waals surface area contributed by atoms with Crippen molar-refractivity contribution < 1.29 is 0 Å². The summed E-state index contributed by atoms with van der Waals surface area (Å²) < 4.78 is 2.28. The van der Waals surface area contributed by atoms with Crippen molar-refractivity contribution in [2.24, 2.45) is 0 Å². The Morgan fingerprint density at radius 2 is 1.07 bits per heavy atom. The van der Waals surface area contributed by atoms with Crippen LogP contribution in [0.25, 0.3) is 73.2 Å². The van der Waals surface area contributed by atoms with Gasteiger partial charge in [-0.25, -0.2) is 4.98 Å². The quantitative estimate of drug-likeness (QED) is 0.176. The van der Waals surface area contributed by atoms with E-state index in [1.807, 2.05) is 12.3 Å². The van der Waals surface area contributed by atoms with Gasteiger partial charge in [-0.05, 0) is 132 Å². The van der Waals surface area contributed by atoms with E-state index in [1.54, 1.807) is 0 Å². The second-order valence-corrected chi connectivity index (χ2v) is 15.9. The zero-order valence-electron chi connectivity index (χ0n) is 30.7. The second-order valence-electron chi connectivity index (χ2n) is 15.9. The van der Waals surface area contributed by atoms with E-state index in [0.29, 0.717) is 0 Å². The fraction of sp³-hybridized carbons (Fsp3) is 0.0755. The highest BCUT2D eigenvalue weighted by Gasteiger charge is 2.50. The highest BCUT2D eigenvalue weighted by Crippen LogP contribution is 2.62. The van der Waals surface area contributed by atoms with E-state index in [1.165, 1.54) is 83.3 Å². The van der Waals surface area contributed by atoms with Gasteiger partial charge in [0.15, 0.2) is 0 Å². The number of fused-ring (bicyclic) bond motifs is 15. The van der Waals surface area contributed by atoms with Crippen molar-refractivity contribution in [1.29, 1.82) is 0 Å². The second kappa shape index (κ2) is 10.9. The summed E-state index contributed by atoms with van der Waals surface area (Å²) in [7, 11) is 0. The summed E-state index contributed by atoms with van der Waals surface area (Å²) >= 11 is 0. The average Bonchev–Trinajstić information content (AvgIpc) is 3.76. The van der Waals surface area contributed by atoms with Crippen molar-refractivity contribution in [2.45, 2.75) is 24.7 Å². The van der Waals surface area contributed by atoms with E-state index in [9.17, 15) is 0 Å². The van der Waals surface area contributed by atoms with Crippen LogP contribution >= 0.6 is 0 Å². The van der Waals surface area contributed by atoms with Gasteiger partial charge in [-0.3, -0.25) is 4.57 Å². The fourth-order valence-corrected chi connectivity index (χ4v) is 10.4. The summed E-state index contributed by atoms with van der Waals surface area (Å²) in [5, 5.41) is 2.36. The predicted molar refractivity (Wildman–Crippen MR) is 228 cm³/mol. The first-order valence-electron chi connectivity index (χ1n) is 19.3. The molecule has 7 aromatic carbocycles. The minimum Gasteiger partial charge on any atom is -0.294 e. The monoisotopic (exact) mass is 700 g/mol. The van der Waals surface area contributed by atoms with Crippen LogP contribution in [0.3, 0.4) is 0 Å². The van der Waals surface area contributed by atoms with Gasteiger partial charge >= 0.3 is 0 Å². The predicted octanol–water partition coefficient (Wildman–Crippen LogP) is 13.0. The van der Waals surface area contributed by atoms with Crippen LogP contribution in [0, 0.1) is 0 Å². The van der Waals surface area contributed by atoms with Gasteiger partial charge < -0.3 is 0 Å². The van der Waals surface area contributed by atoms with E-state index in [2.05, 4.69) is 188 Å². The molecular formula is C53H36N2. The summed E-state index contributed by atoms with van der Waals surface area (Å²) in [5.74, 6) is 0. The molecule has 3 aliphatic rings. The molecule has 2 nitrogen and oxygen atoms in total. The number of pyridine rings is 1. The first-order valence-corrected chi connectivity index (χ1v) is 19.3. The normalized spacial score (nSPS) is 16.7. The summed E-state index contributed by atoms with van der Waals surface area (Å²) in [5.41, 5.74) is 21.1. The molecule has 2 heterocycles. The average molecular weight is 701 g/mol. The summed E-state index contributed by atoms with van der Waals surface area (Å²) in [6.07, 6.45) is 6.55. The molecule has 3 aliphatic carbocycles. The van der Waals surface area contributed by atoms with Gasteiger partial charge in [0.2, 0.25) is 0 Å². The van der Waals surface area contributed by atoms with E-state index in [0.717, 1.165) is 22.2 Å². The van der Waals surface area contributed by atoms with Crippen molar-refractivity contribution in [3.8, 4) is 39.1 Å². The summed E-state index contributed by atoms with van der Waals surface area (Å²) in [6.45, 7) is 4.77. The largest absolute Gasteiger partial charge is 0.294 e. The molecule has 55 heavy (non-hydrogen) atoms. The van der Waals surface area contributed by atoms with Gasteiger partial charge in [-0.1, -0.05) is 135 Å². The molecule has 1 atom stereocenters. The van der Waals surface area contributed by atoms with Crippen molar-refractivity contribution in [2.75, 3.05) is 0 Å². The van der Waals surface area contributed by atoms with Gasteiger partial charge in [0.1, 0.15) is 5.65 Å². The highest BCUT2D eigenvalue weighted by atomic mass is 15.0. The summed E-state index contributed by atoms with van der Waals surface area (Å²) in [4.78, 5) is 4.88. The van der Waals surface area contributed by atoms with Crippen LogP contribution in [0.15, 0.2) is 170 Å². The minimum absolute atomic E-state index is 0.0859. The minimum atomic E-state index is -0.522. The van der Waals surface area contributed by atoms with Crippen molar-refractivity contribution in [1.82, 2.24) is 9.55 Å². The van der Waals surface area contributed by atoms with Gasteiger partial charge in [0.05, 0.1) is 10.9 Å². The first kappa shape index (κ1) is 30.7. The Hall–Kier alpha value is -6.77. The molecule has 0 saturated heterocycles. The molecular weight excluding hydrogens is 665 g/mol. The topological polar surface area (TPSA) is 17.8 Å². The third kappa shape index (κ3) is 3.96. The van der Waals surface area contributed by atoms with Crippen LogP contribution in [-0.4, -0.2) is 9.55 Å². The Bertz CT molecular complexity index is 3120. The van der Waals surface area contributed by atoms with Crippen LogP contribution in [0.4, 0.5) is 0 Å². The van der Waals surface area contributed by atoms with Crippen LogP contribution < -0.4 is 0 Å². The van der Waals surface area contributed by atoms with Crippen LogP contribution in [0.5, 0.6) is 0 Å². The maximum Gasteiger partial charge on any atom is 0.145 e. The van der Waals surface area contributed by atoms with E-state index >= 15 is 0 Å². The molecule has 1 unspecified atom stereocenters. The van der Waals surface area contributed by atoms with Crippen LogP contribution in [-0.2, 0) is 10.8 Å². The smallest absolute Gasteiger partial charge is 0.145 e. The Labute approximate surface area is 320 Å². The standard InChI is InChI=1S/C53H36N2/c1-52(2)45-20-10-7-16-38(45)41-32-49-42(31-48(41)52)39-17-8-11-21-46(39)53(49)44-19-9-6-13-33(44)22-23-34-24-25-36(30-47(34)53)35-26-27-50-43(29-35)40-18-12-28-54-51(40)55(50)37-14-4-3-5-15-37/h3-32H,1-2H3. The lowest BCUT2D eigenvalue weighted by molar-refractivity contribution is 0.660. The Balaban J connectivity index is 1.15. The molecule has 9 aromatic rings. The lowest BCUT2D eigenvalue weighted by Gasteiger charge is -2.36. The number of para-hydroxylation sites is 1. The summed E-state index contributed by atoms with van der Waals surface area (Å²) in [6, 6.07) is 61.3. The maximum absolute atomic E-state index is 4.88. The van der Waals surface area contributed by atoms with E-state index < -0.39 is 5.41 Å². The van der Waals surface area contributed by atoms with Gasteiger partial charge in [-0.15, -0.1) is 0 Å². The van der Waals surface area contributed by atoms with Crippen molar-refractivity contribution in [3.63, 3.8) is 0 Å². The highest BCUT2D eigenvalue weighted by molar-refractivity contribution is 6.09. The number of hydrogen-bond donors (Lipinski definition) is 0. The van der Waals surface area contributed by atoms with Crippen molar-refractivity contribution >= 4 is 34.1 Å². The third-order valence-electron chi connectivity index (χ3n) is 12.9. The number of hydrogen-bond acceptors (Lipinski definition) is 1. The lowest BCUT2D eigenvalue weighted by atomic mass is 9.65. The van der Waals surface area contributed by atoms with E-state index in [4.69, 9.17) is 4.98 Å². The molecule has 0 amide bonds. The molecule has 0 saturated carbocycles. The fourth-order valence-electron chi connectivity index (χ4n) is 10.4. The molecule has 2 aromatic heterocycles. The van der Waals surface area contributed by atoms with Gasteiger partial charge in [0.25, 0.3) is 0 Å². The SMILES string of the molecule is CC1(C)c2ccccc2-c2cc3c(cc21)-c1ccccc1C31c2ccccc2C=Cc2ccc(-c3ccc4c(c3)c3cccnc3n4-c3ccccc3)cc21. The molecule has 0 N–H and O–H groups in total. The van der Waals surface area contributed by atoms with Gasteiger partial charge in [0, 0.05) is 28.1 Å².